The number of Topliss-reactive ketones (excluding diaryl/α,β-unsaturated/α-hetero) is 1. The molecule has 2 heterocycles. The van der Waals surface area contributed by atoms with E-state index in [1.54, 1.807) is 18.2 Å². The van der Waals surface area contributed by atoms with Gasteiger partial charge in [0, 0.05) is 31.1 Å². The van der Waals surface area contributed by atoms with Crippen molar-refractivity contribution in [3.63, 3.8) is 0 Å². The standard InChI is InChI=1S/C20H27NO6/c1-14(2)21-7-8-24-16(12-21)13-27-20(23)6-4-17(22)15-3-5-18-19(11-15)26-10-9-25-18/h3,5,11,14,16H,4,6-10,12-13H2,1-2H3. The van der Waals surface area contributed by atoms with Crippen molar-refractivity contribution in [3.05, 3.63) is 23.8 Å². The van der Waals surface area contributed by atoms with Gasteiger partial charge in [-0.2, -0.15) is 0 Å². The molecule has 3 rings (SSSR count). The smallest absolute Gasteiger partial charge is 0.306 e. The normalized spacial score (nSPS) is 19.7. The molecule has 1 aromatic rings. The summed E-state index contributed by atoms with van der Waals surface area (Å²) in [5.41, 5.74) is 0.509. The molecule has 0 saturated carbocycles. The number of ether oxygens (including phenoxy) is 4. The number of esters is 1. The van der Waals surface area contributed by atoms with Gasteiger partial charge in [-0.1, -0.05) is 0 Å². The van der Waals surface area contributed by atoms with Crippen LogP contribution < -0.4 is 9.47 Å². The highest BCUT2D eigenvalue weighted by Gasteiger charge is 2.23. The van der Waals surface area contributed by atoms with Crippen LogP contribution in [-0.2, 0) is 14.3 Å². The lowest BCUT2D eigenvalue weighted by molar-refractivity contribution is -0.150. The predicted molar refractivity (Wildman–Crippen MR) is 98.4 cm³/mol. The highest BCUT2D eigenvalue weighted by molar-refractivity contribution is 5.98. The summed E-state index contributed by atoms with van der Waals surface area (Å²) in [6, 6.07) is 5.52. The predicted octanol–water partition coefficient (Wildman–Crippen LogP) is 2.07. The average Bonchev–Trinajstić information content (AvgIpc) is 2.70. The zero-order valence-electron chi connectivity index (χ0n) is 15.9. The molecule has 148 valence electrons. The van der Waals surface area contributed by atoms with Crippen LogP contribution in [0.25, 0.3) is 0 Å². The molecular weight excluding hydrogens is 350 g/mol. The number of morpholine rings is 1. The monoisotopic (exact) mass is 377 g/mol. The van der Waals surface area contributed by atoms with Gasteiger partial charge in [0.15, 0.2) is 17.3 Å². The van der Waals surface area contributed by atoms with Crippen LogP contribution in [0.15, 0.2) is 18.2 Å². The van der Waals surface area contributed by atoms with E-state index >= 15 is 0 Å². The molecule has 1 unspecified atom stereocenters. The van der Waals surface area contributed by atoms with E-state index in [4.69, 9.17) is 18.9 Å². The van der Waals surface area contributed by atoms with E-state index in [2.05, 4.69) is 18.7 Å². The molecule has 0 bridgehead atoms. The first kappa shape index (κ1) is 19.6. The number of fused-ring (bicyclic) bond motifs is 1. The van der Waals surface area contributed by atoms with E-state index < -0.39 is 0 Å². The third kappa shape index (κ3) is 5.43. The third-order valence-electron chi connectivity index (χ3n) is 4.75. The lowest BCUT2D eigenvalue weighted by Gasteiger charge is -2.35. The molecule has 1 aromatic carbocycles. The molecule has 0 aromatic heterocycles. The number of benzene rings is 1. The first-order chi connectivity index (χ1) is 13.0. The second-order valence-electron chi connectivity index (χ2n) is 7.05. The maximum absolute atomic E-state index is 12.3. The van der Waals surface area contributed by atoms with Gasteiger partial charge in [-0.15, -0.1) is 0 Å². The number of nitrogens with zero attached hydrogens (tertiary/aromatic N) is 1. The van der Waals surface area contributed by atoms with E-state index in [9.17, 15) is 9.59 Å². The van der Waals surface area contributed by atoms with Crippen LogP contribution in [0.4, 0.5) is 0 Å². The van der Waals surface area contributed by atoms with Crippen LogP contribution >= 0.6 is 0 Å². The highest BCUT2D eigenvalue weighted by Crippen LogP contribution is 2.31. The molecule has 0 radical (unpaired) electrons. The average molecular weight is 377 g/mol. The van der Waals surface area contributed by atoms with Crippen molar-refractivity contribution in [1.29, 1.82) is 0 Å². The van der Waals surface area contributed by atoms with Crippen LogP contribution in [0, 0.1) is 0 Å². The summed E-state index contributed by atoms with van der Waals surface area (Å²) in [5, 5.41) is 0. The van der Waals surface area contributed by atoms with Gasteiger partial charge in [-0.25, -0.2) is 0 Å². The molecule has 27 heavy (non-hydrogen) atoms. The number of hydrogen-bond acceptors (Lipinski definition) is 7. The summed E-state index contributed by atoms with van der Waals surface area (Å²) in [6.45, 7) is 7.76. The minimum Gasteiger partial charge on any atom is -0.486 e. The van der Waals surface area contributed by atoms with Crippen LogP contribution in [0.2, 0.25) is 0 Å². The van der Waals surface area contributed by atoms with Crippen molar-refractivity contribution in [2.45, 2.75) is 38.8 Å². The van der Waals surface area contributed by atoms with Crippen molar-refractivity contribution in [2.75, 3.05) is 39.5 Å². The number of ketones is 1. The van der Waals surface area contributed by atoms with Gasteiger partial charge >= 0.3 is 5.97 Å². The first-order valence-corrected chi connectivity index (χ1v) is 9.47. The molecule has 7 heteroatoms. The molecule has 1 atom stereocenters. The van der Waals surface area contributed by atoms with Crippen molar-refractivity contribution >= 4 is 11.8 Å². The molecule has 0 amide bonds. The van der Waals surface area contributed by atoms with Crippen molar-refractivity contribution < 1.29 is 28.5 Å². The molecule has 1 saturated heterocycles. The number of rotatable bonds is 7. The second kappa shape index (κ2) is 9.19. The molecular formula is C20H27NO6. The quantitative estimate of drug-likeness (QED) is 0.532. The Balaban J connectivity index is 1.42. The van der Waals surface area contributed by atoms with E-state index in [0.717, 1.165) is 13.1 Å². The second-order valence-corrected chi connectivity index (χ2v) is 7.05. The van der Waals surface area contributed by atoms with E-state index in [0.29, 0.717) is 42.9 Å². The Morgan fingerprint density at radius 3 is 2.70 bits per heavy atom. The molecule has 0 N–H and O–H groups in total. The van der Waals surface area contributed by atoms with Gasteiger partial charge in [0.05, 0.1) is 13.0 Å². The lowest BCUT2D eigenvalue weighted by Crippen LogP contribution is -2.47. The summed E-state index contributed by atoms with van der Waals surface area (Å²) in [7, 11) is 0. The maximum atomic E-state index is 12.3. The van der Waals surface area contributed by atoms with Gasteiger partial charge in [-0.3, -0.25) is 14.5 Å². The molecule has 7 nitrogen and oxygen atoms in total. The Morgan fingerprint density at radius 2 is 1.93 bits per heavy atom. The fraction of sp³-hybridized carbons (Fsp3) is 0.600. The number of carbonyl (C=O) groups excluding carboxylic acids is 2. The van der Waals surface area contributed by atoms with Gasteiger partial charge in [-0.05, 0) is 32.0 Å². The highest BCUT2D eigenvalue weighted by atomic mass is 16.6. The van der Waals surface area contributed by atoms with E-state index in [1.165, 1.54) is 0 Å². The number of carbonyl (C=O) groups is 2. The fourth-order valence-corrected chi connectivity index (χ4v) is 3.15. The molecule has 2 aliphatic heterocycles. The Morgan fingerprint density at radius 1 is 1.15 bits per heavy atom. The van der Waals surface area contributed by atoms with Crippen LogP contribution in [0.3, 0.4) is 0 Å². The summed E-state index contributed by atoms with van der Waals surface area (Å²) < 4.78 is 21.9. The van der Waals surface area contributed by atoms with Crippen molar-refractivity contribution in [3.8, 4) is 11.5 Å². The van der Waals surface area contributed by atoms with Crippen molar-refractivity contribution in [2.24, 2.45) is 0 Å². The summed E-state index contributed by atoms with van der Waals surface area (Å²) in [5.74, 6) is 0.703. The molecule has 0 spiro atoms. The van der Waals surface area contributed by atoms with Gasteiger partial charge < -0.3 is 18.9 Å². The summed E-state index contributed by atoms with van der Waals surface area (Å²) in [4.78, 5) is 26.6. The first-order valence-electron chi connectivity index (χ1n) is 9.47. The lowest BCUT2D eigenvalue weighted by atomic mass is 10.1. The summed E-state index contributed by atoms with van der Waals surface area (Å²) >= 11 is 0. The molecule has 1 fully saturated rings. The van der Waals surface area contributed by atoms with Crippen molar-refractivity contribution in [1.82, 2.24) is 4.90 Å². The van der Waals surface area contributed by atoms with Gasteiger partial charge in [0.1, 0.15) is 25.9 Å². The summed E-state index contributed by atoms with van der Waals surface area (Å²) in [6.07, 6.45) is 0.0364. The largest absolute Gasteiger partial charge is 0.486 e. The Hall–Kier alpha value is -2.12. The minimum absolute atomic E-state index is 0.0495. The zero-order chi connectivity index (χ0) is 19.2. The SMILES string of the molecule is CC(C)N1CCOC(COC(=O)CCC(=O)c2ccc3c(c2)OCCO3)C1. The Bertz CT molecular complexity index is 674. The van der Waals surface area contributed by atoms with Crippen LogP contribution in [0.1, 0.15) is 37.0 Å². The maximum Gasteiger partial charge on any atom is 0.306 e. The van der Waals surface area contributed by atoms with E-state index in [1.807, 2.05) is 0 Å². The van der Waals surface area contributed by atoms with Crippen LogP contribution in [0.5, 0.6) is 11.5 Å². The van der Waals surface area contributed by atoms with E-state index in [-0.39, 0.29) is 37.3 Å². The Kier molecular flexibility index (Phi) is 6.68. The fourth-order valence-electron chi connectivity index (χ4n) is 3.15. The molecule has 2 aliphatic rings. The minimum atomic E-state index is -0.383. The van der Waals surface area contributed by atoms with Gasteiger partial charge in [0.25, 0.3) is 0 Å². The third-order valence-corrected chi connectivity index (χ3v) is 4.75. The zero-order valence-corrected chi connectivity index (χ0v) is 15.9. The van der Waals surface area contributed by atoms with Gasteiger partial charge in [0.2, 0.25) is 0 Å². The molecule has 0 aliphatic carbocycles. The van der Waals surface area contributed by atoms with Crippen LogP contribution in [-0.4, -0.2) is 68.3 Å². The number of hydrogen-bond donors (Lipinski definition) is 0. The topological polar surface area (TPSA) is 74.3 Å². The Labute approximate surface area is 159 Å².